The third-order valence-electron chi connectivity index (χ3n) is 2.21. The number of hydrogen-bond donors (Lipinski definition) is 1. The average molecular weight is 324 g/mol. The summed E-state index contributed by atoms with van der Waals surface area (Å²) in [4.78, 5) is 0. The summed E-state index contributed by atoms with van der Waals surface area (Å²) in [6.45, 7) is 1.80. The number of benzene rings is 1. The molecule has 0 saturated heterocycles. The van der Waals surface area contributed by atoms with Crippen molar-refractivity contribution >= 4 is 15.9 Å². The highest BCUT2D eigenvalue weighted by atomic mass is 79.9. The van der Waals surface area contributed by atoms with E-state index in [0.717, 1.165) is 5.56 Å². The van der Waals surface area contributed by atoms with E-state index in [4.69, 9.17) is 4.74 Å². The van der Waals surface area contributed by atoms with Crippen molar-refractivity contribution in [2.45, 2.75) is 33.0 Å². The number of ether oxygens (including phenoxy) is 2. The summed E-state index contributed by atoms with van der Waals surface area (Å²) in [5.41, 5.74) is 0.925. The van der Waals surface area contributed by atoms with Crippen molar-refractivity contribution in [1.29, 1.82) is 0 Å². The molecule has 0 fully saturated rings. The van der Waals surface area contributed by atoms with Gasteiger partial charge in [0.1, 0.15) is 0 Å². The van der Waals surface area contributed by atoms with Crippen LogP contribution < -0.4 is 14.8 Å². The van der Waals surface area contributed by atoms with E-state index in [0.29, 0.717) is 17.1 Å². The summed E-state index contributed by atoms with van der Waals surface area (Å²) >= 11 is 3.21. The minimum atomic E-state index is -2.88. The Morgan fingerprint density at radius 2 is 2.00 bits per heavy atom. The van der Waals surface area contributed by atoms with Crippen LogP contribution in [-0.2, 0) is 6.54 Å². The third kappa shape index (κ3) is 4.42. The second kappa shape index (κ2) is 6.89. The van der Waals surface area contributed by atoms with E-state index in [1.165, 1.54) is 7.11 Å². The van der Waals surface area contributed by atoms with Crippen LogP contribution >= 0.6 is 15.9 Å². The smallest absolute Gasteiger partial charge is 0.387 e. The third-order valence-corrected chi connectivity index (χ3v) is 2.80. The summed E-state index contributed by atoms with van der Waals surface area (Å²) < 4.78 is 34.4. The number of alkyl halides is 2. The molecule has 0 heterocycles. The van der Waals surface area contributed by atoms with Crippen LogP contribution in [0.25, 0.3) is 0 Å². The van der Waals surface area contributed by atoms with E-state index in [1.54, 1.807) is 12.1 Å². The molecule has 102 valence electrons. The summed E-state index contributed by atoms with van der Waals surface area (Å²) in [5.74, 6) is 0.297. The molecule has 0 aliphatic carbocycles. The Bertz CT molecular complexity index is 400. The number of hydrogen-bond acceptors (Lipinski definition) is 3. The fourth-order valence-electron chi connectivity index (χ4n) is 1.40. The van der Waals surface area contributed by atoms with Crippen molar-refractivity contribution in [1.82, 2.24) is 5.32 Å². The number of halogens is 3. The Hall–Kier alpha value is -0.880. The van der Waals surface area contributed by atoms with Gasteiger partial charge in [-0.15, -0.1) is 0 Å². The molecule has 0 aliphatic rings. The number of nitrogens with one attached hydrogen (secondary N) is 1. The molecule has 1 rings (SSSR count). The second-order valence-corrected chi connectivity index (χ2v) is 4.88. The van der Waals surface area contributed by atoms with Gasteiger partial charge in [-0.05, 0) is 33.6 Å². The van der Waals surface area contributed by atoms with Crippen LogP contribution in [0.15, 0.2) is 16.6 Å². The predicted octanol–water partition coefficient (Wildman–Crippen LogP) is 3.56. The molecule has 0 aromatic heterocycles. The highest BCUT2D eigenvalue weighted by molar-refractivity contribution is 9.10. The van der Waals surface area contributed by atoms with Gasteiger partial charge in [0, 0.05) is 12.6 Å². The maximum absolute atomic E-state index is 12.3. The molecule has 18 heavy (non-hydrogen) atoms. The zero-order chi connectivity index (χ0) is 13.7. The number of rotatable bonds is 6. The van der Waals surface area contributed by atoms with E-state index in [9.17, 15) is 8.78 Å². The lowest BCUT2D eigenvalue weighted by Crippen LogP contribution is -2.21. The van der Waals surface area contributed by atoms with Gasteiger partial charge in [0.15, 0.2) is 11.5 Å². The maximum Gasteiger partial charge on any atom is 0.387 e. The molecule has 0 bridgehead atoms. The van der Waals surface area contributed by atoms with Crippen LogP contribution in [0.1, 0.15) is 19.4 Å². The molecular formula is C12H16BrF2NO2. The molecule has 0 amide bonds. The molecular weight excluding hydrogens is 308 g/mol. The molecule has 1 aromatic rings. The second-order valence-electron chi connectivity index (χ2n) is 4.02. The normalized spacial score (nSPS) is 11.1. The summed E-state index contributed by atoms with van der Waals surface area (Å²) in [6, 6.07) is 3.75. The van der Waals surface area contributed by atoms with E-state index in [2.05, 4.69) is 26.0 Å². The van der Waals surface area contributed by atoms with E-state index in [-0.39, 0.29) is 11.5 Å². The molecule has 0 radical (unpaired) electrons. The van der Waals surface area contributed by atoms with E-state index in [1.807, 2.05) is 13.8 Å². The summed E-state index contributed by atoms with van der Waals surface area (Å²) in [5, 5.41) is 3.24. The fourth-order valence-corrected chi connectivity index (χ4v) is 1.98. The monoisotopic (exact) mass is 323 g/mol. The summed E-state index contributed by atoms with van der Waals surface area (Å²) in [7, 11) is 1.42. The van der Waals surface area contributed by atoms with Gasteiger partial charge in [-0.1, -0.05) is 13.8 Å². The quantitative estimate of drug-likeness (QED) is 0.868. The van der Waals surface area contributed by atoms with Gasteiger partial charge < -0.3 is 14.8 Å². The Labute approximate surface area is 114 Å². The van der Waals surface area contributed by atoms with Crippen LogP contribution in [0.5, 0.6) is 11.5 Å². The Kier molecular flexibility index (Phi) is 5.81. The van der Waals surface area contributed by atoms with Crippen molar-refractivity contribution in [2.24, 2.45) is 0 Å². The van der Waals surface area contributed by atoms with Crippen LogP contribution in [0.4, 0.5) is 8.78 Å². The Balaban J connectivity index is 2.95. The van der Waals surface area contributed by atoms with Crippen molar-refractivity contribution in [2.75, 3.05) is 7.11 Å². The van der Waals surface area contributed by atoms with Crippen LogP contribution in [0, 0.1) is 0 Å². The molecule has 0 saturated carbocycles. The molecule has 1 N–H and O–H groups in total. The Morgan fingerprint density at radius 3 is 2.50 bits per heavy atom. The standard InChI is InChI=1S/C12H16BrF2NO2/c1-7(2)16-6-8-4-9(13)11(18-12(14)15)10(5-8)17-3/h4-5,7,12,16H,6H2,1-3H3. The highest BCUT2D eigenvalue weighted by Crippen LogP contribution is 2.37. The van der Waals surface area contributed by atoms with Gasteiger partial charge in [-0.25, -0.2) is 0 Å². The SMILES string of the molecule is COc1cc(CNC(C)C)cc(Br)c1OC(F)F. The van der Waals surface area contributed by atoms with Crippen LogP contribution in [-0.4, -0.2) is 19.8 Å². The molecule has 0 atom stereocenters. The van der Waals surface area contributed by atoms with Crippen molar-refractivity contribution < 1.29 is 18.3 Å². The van der Waals surface area contributed by atoms with Crippen LogP contribution in [0.3, 0.4) is 0 Å². The zero-order valence-corrected chi connectivity index (χ0v) is 12.1. The van der Waals surface area contributed by atoms with Gasteiger partial charge in [0.05, 0.1) is 11.6 Å². The Morgan fingerprint density at radius 1 is 1.33 bits per heavy atom. The van der Waals surface area contributed by atoms with Crippen molar-refractivity contribution in [3.8, 4) is 11.5 Å². The first-order valence-electron chi connectivity index (χ1n) is 5.48. The van der Waals surface area contributed by atoms with Gasteiger partial charge in [-0.3, -0.25) is 0 Å². The molecule has 3 nitrogen and oxygen atoms in total. The molecule has 0 spiro atoms. The molecule has 1 aromatic carbocycles. The van der Waals surface area contributed by atoms with Crippen molar-refractivity contribution in [3.63, 3.8) is 0 Å². The molecule has 6 heteroatoms. The largest absolute Gasteiger partial charge is 0.493 e. The summed E-state index contributed by atoms with van der Waals surface area (Å²) in [6.07, 6.45) is 0. The van der Waals surface area contributed by atoms with Gasteiger partial charge in [0.25, 0.3) is 0 Å². The lowest BCUT2D eigenvalue weighted by atomic mass is 10.2. The number of methoxy groups -OCH3 is 1. The van der Waals surface area contributed by atoms with Gasteiger partial charge >= 0.3 is 6.61 Å². The highest BCUT2D eigenvalue weighted by Gasteiger charge is 2.15. The lowest BCUT2D eigenvalue weighted by molar-refractivity contribution is -0.0517. The first-order chi connectivity index (χ1) is 8.43. The lowest BCUT2D eigenvalue weighted by Gasteiger charge is -2.14. The van der Waals surface area contributed by atoms with Crippen molar-refractivity contribution in [3.05, 3.63) is 22.2 Å². The molecule has 0 unspecified atom stereocenters. The van der Waals surface area contributed by atoms with Gasteiger partial charge in [0.2, 0.25) is 0 Å². The average Bonchev–Trinajstić information content (AvgIpc) is 2.28. The fraction of sp³-hybridized carbons (Fsp3) is 0.500. The predicted molar refractivity (Wildman–Crippen MR) is 69.3 cm³/mol. The first kappa shape index (κ1) is 15.2. The topological polar surface area (TPSA) is 30.5 Å². The van der Waals surface area contributed by atoms with Crippen LogP contribution in [0.2, 0.25) is 0 Å². The van der Waals surface area contributed by atoms with Gasteiger partial charge in [-0.2, -0.15) is 8.78 Å². The maximum atomic E-state index is 12.3. The molecule has 0 aliphatic heterocycles. The zero-order valence-electron chi connectivity index (χ0n) is 10.5. The minimum Gasteiger partial charge on any atom is -0.493 e. The minimum absolute atomic E-state index is 0.0146. The first-order valence-corrected chi connectivity index (χ1v) is 6.28. The van der Waals surface area contributed by atoms with E-state index >= 15 is 0 Å². The van der Waals surface area contributed by atoms with E-state index < -0.39 is 6.61 Å².